The molecule has 0 unspecified atom stereocenters. The highest BCUT2D eigenvalue weighted by atomic mass is 32.2. The van der Waals surface area contributed by atoms with E-state index in [1.807, 2.05) is 42.9 Å². The second-order valence-corrected chi connectivity index (χ2v) is 6.20. The number of thioether (sulfide) groups is 1. The normalized spacial score (nSPS) is 10.6. The van der Waals surface area contributed by atoms with E-state index in [0.717, 1.165) is 10.9 Å². The van der Waals surface area contributed by atoms with Crippen molar-refractivity contribution in [2.75, 3.05) is 11.9 Å². The molecule has 2 aromatic heterocycles. The fourth-order valence-electron chi connectivity index (χ4n) is 2.24. The lowest BCUT2D eigenvalue weighted by Crippen LogP contribution is -2.12. The van der Waals surface area contributed by atoms with Gasteiger partial charge in [-0.05, 0) is 31.2 Å². The number of carbonyl (C=O) groups is 1. The molecule has 7 heteroatoms. The van der Waals surface area contributed by atoms with Gasteiger partial charge in [0, 0.05) is 19.4 Å². The number of anilines is 1. The molecule has 25 heavy (non-hydrogen) atoms. The molecule has 0 atom stereocenters. The maximum absolute atomic E-state index is 12.4. The number of benzene rings is 1. The van der Waals surface area contributed by atoms with Gasteiger partial charge in [-0.1, -0.05) is 23.9 Å². The monoisotopic (exact) mass is 357 g/mol. The summed E-state index contributed by atoms with van der Waals surface area (Å²) in [5, 5.41) is 3.72. The van der Waals surface area contributed by atoms with Gasteiger partial charge >= 0.3 is 0 Å². The number of aromatic nitrogens is 2. The minimum atomic E-state index is -0.305. The molecule has 0 saturated carbocycles. The molecule has 0 bridgehead atoms. The topological polar surface area (TPSA) is 69.3 Å². The summed E-state index contributed by atoms with van der Waals surface area (Å²) in [6.07, 6.45) is 3.64. The number of carbonyl (C=O) groups excluding carboxylic acids is 1. The van der Waals surface area contributed by atoms with Gasteiger partial charge in [0.1, 0.15) is 11.5 Å². The van der Waals surface area contributed by atoms with Crippen molar-refractivity contribution in [2.45, 2.75) is 17.8 Å². The van der Waals surface area contributed by atoms with E-state index in [4.69, 9.17) is 9.15 Å². The second kappa shape index (κ2) is 7.94. The maximum atomic E-state index is 12.4. The lowest BCUT2D eigenvalue weighted by atomic mass is 10.3. The SMILES string of the molecule is CCOc1ccccc1NC(=O)c1ccc(CSc2nccn2C)o1. The third-order valence-electron chi connectivity index (χ3n) is 3.44. The Balaban J connectivity index is 1.64. The van der Waals surface area contributed by atoms with Gasteiger partial charge in [0.2, 0.25) is 0 Å². The lowest BCUT2D eigenvalue weighted by molar-refractivity contribution is 0.0995. The Morgan fingerprint density at radius 3 is 2.92 bits per heavy atom. The zero-order valence-electron chi connectivity index (χ0n) is 14.1. The van der Waals surface area contributed by atoms with Crippen molar-refractivity contribution in [1.29, 1.82) is 0 Å². The van der Waals surface area contributed by atoms with Crippen molar-refractivity contribution in [3.63, 3.8) is 0 Å². The minimum absolute atomic E-state index is 0.266. The number of aryl methyl sites for hydroxylation is 1. The summed E-state index contributed by atoms with van der Waals surface area (Å²) in [4.78, 5) is 16.6. The molecule has 1 aromatic carbocycles. The number of hydrogen-bond donors (Lipinski definition) is 1. The first-order valence-corrected chi connectivity index (χ1v) is 8.88. The molecule has 1 N–H and O–H groups in total. The molecule has 0 spiro atoms. The summed E-state index contributed by atoms with van der Waals surface area (Å²) in [5.74, 6) is 1.92. The van der Waals surface area contributed by atoms with Gasteiger partial charge in [-0.3, -0.25) is 4.79 Å². The second-order valence-electron chi connectivity index (χ2n) is 5.26. The number of hydrogen-bond acceptors (Lipinski definition) is 5. The van der Waals surface area contributed by atoms with Crippen molar-refractivity contribution in [2.24, 2.45) is 7.05 Å². The number of ether oxygens (including phenoxy) is 1. The van der Waals surface area contributed by atoms with Crippen LogP contribution in [0.15, 0.2) is 58.4 Å². The number of para-hydroxylation sites is 2. The van der Waals surface area contributed by atoms with Crippen LogP contribution in [0.3, 0.4) is 0 Å². The molecule has 130 valence electrons. The van der Waals surface area contributed by atoms with E-state index < -0.39 is 0 Å². The first kappa shape index (κ1) is 17.2. The predicted octanol–water partition coefficient (Wildman–Crippen LogP) is 3.96. The van der Waals surface area contributed by atoms with Crippen LogP contribution >= 0.6 is 11.8 Å². The van der Waals surface area contributed by atoms with Gasteiger partial charge in [0.05, 0.1) is 18.0 Å². The summed E-state index contributed by atoms with van der Waals surface area (Å²) >= 11 is 1.55. The first-order valence-electron chi connectivity index (χ1n) is 7.89. The maximum Gasteiger partial charge on any atom is 0.291 e. The molecular weight excluding hydrogens is 338 g/mol. The average molecular weight is 357 g/mol. The molecule has 0 fully saturated rings. The Labute approximate surface area is 150 Å². The Hall–Kier alpha value is -2.67. The molecular formula is C18H19N3O3S. The molecule has 1 amide bonds. The smallest absolute Gasteiger partial charge is 0.291 e. The Morgan fingerprint density at radius 1 is 1.32 bits per heavy atom. The molecule has 0 saturated heterocycles. The van der Waals surface area contributed by atoms with Gasteiger partial charge in [0.25, 0.3) is 5.91 Å². The Morgan fingerprint density at radius 2 is 2.16 bits per heavy atom. The predicted molar refractivity (Wildman–Crippen MR) is 97.0 cm³/mol. The van der Waals surface area contributed by atoms with E-state index >= 15 is 0 Å². The number of furan rings is 1. The highest BCUT2D eigenvalue weighted by Crippen LogP contribution is 2.25. The van der Waals surface area contributed by atoms with Gasteiger partial charge < -0.3 is 19.0 Å². The third kappa shape index (κ3) is 4.24. The van der Waals surface area contributed by atoms with Crippen LogP contribution in [0.5, 0.6) is 5.75 Å². The van der Waals surface area contributed by atoms with Crippen LogP contribution < -0.4 is 10.1 Å². The zero-order chi connectivity index (χ0) is 17.6. The van der Waals surface area contributed by atoms with E-state index in [1.54, 1.807) is 36.2 Å². The quantitative estimate of drug-likeness (QED) is 0.648. The summed E-state index contributed by atoms with van der Waals surface area (Å²) in [6, 6.07) is 10.8. The van der Waals surface area contributed by atoms with E-state index in [1.165, 1.54) is 0 Å². The number of imidazole rings is 1. The minimum Gasteiger partial charge on any atom is -0.492 e. The number of nitrogens with one attached hydrogen (secondary N) is 1. The zero-order valence-corrected chi connectivity index (χ0v) is 14.9. The molecule has 0 aliphatic heterocycles. The average Bonchev–Trinajstić information content (AvgIpc) is 3.24. The molecule has 6 nitrogen and oxygen atoms in total. The van der Waals surface area contributed by atoms with Crippen molar-refractivity contribution < 1.29 is 13.9 Å². The highest BCUT2D eigenvalue weighted by Gasteiger charge is 2.14. The Kier molecular flexibility index (Phi) is 5.45. The summed E-state index contributed by atoms with van der Waals surface area (Å²) in [6.45, 7) is 2.43. The molecule has 3 aromatic rings. The molecule has 3 rings (SSSR count). The Bertz CT molecular complexity index is 857. The standard InChI is InChI=1S/C18H19N3O3S/c1-3-23-15-7-5-4-6-14(15)20-17(22)16-9-8-13(24-16)12-25-18-19-10-11-21(18)2/h4-11H,3,12H2,1-2H3,(H,20,22). The third-order valence-corrected chi connectivity index (χ3v) is 4.52. The van der Waals surface area contributed by atoms with Gasteiger partial charge in [-0.15, -0.1) is 0 Å². The van der Waals surface area contributed by atoms with Crippen molar-refractivity contribution >= 4 is 23.4 Å². The van der Waals surface area contributed by atoms with Crippen molar-refractivity contribution in [3.8, 4) is 5.75 Å². The van der Waals surface area contributed by atoms with Gasteiger partial charge in [-0.25, -0.2) is 4.98 Å². The van der Waals surface area contributed by atoms with Crippen molar-refractivity contribution in [3.05, 3.63) is 60.3 Å². The fourth-order valence-corrected chi connectivity index (χ4v) is 3.07. The summed E-state index contributed by atoms with van der Waals surface area (Å²) in [5.41, 5.74) is 0.620. The summed E-state index contributed by atoms with van der Waals surface area (Å²) in [7, 11) is 1.94. The van der Waals surface area contributed by atoms with Crippen LogP contribution in [-0.4, -0.2) is 22.1 Å². The van der Waals surface area contributed by atoms with Crippen LogP contribution in [0.25, 0.3) is 0 Å². The van der Waals surface area contributed by atoms with Crippen LogP contribution in [0.4, 0.5) is 5.69 Å². The highest BCUT2D eigenvalue weighted by molar-refractivity contribution is 7.98. The molecule has 2 heterocycles. The van der Waals surface area contributed by atoms with E-state index in [-0.39, 0.29) is 11.7 Å². The largest absolute Gasteiger partial charge is 0.492 e. The van der Waals surface area contributed by atoms with Crippen LogP contribution in [0, 0.1) is 0 Å². The van der Waals surface area contributed by atoms with E-state index in [9.17, 15) is 4.79 Å². The molecule has 0 radical (unpaired) electrons. The number of amides is 1. The molecule has 0 aliphatic rings. The van der Waals surface area contributed by atoms with Crippen molar-refractivity contribution in [1.82, 2.24) is 9.55 Å². The summed E-state index contributed by atoms with van der Waals surface area (Å²) < 4.78 is 13.1. The molecule has 0 aliphatic carbocycles. The lowest BCUT2D eigenvalue weighted by Gasteiger charge is -2.10. The van der Waals surface area contributed by atoms with Crippen LogP contribution in [0.1, 0.15) is 23.2 Å². The van der Waals surface area contributed by atoms with E-state index in [0.29, 0.717) is 23.8 Å². The van der Waals surface area contributed by atoms with Gasteiger partial charge in [0.15, 0.2) is 10.9 Å². The number of rotatable bonds is 7. The van der Waals surface area contributed by atoms with Crippen LogP contribution in [0.2, 0.25) is 0 Å². The first-order chi connectivity index (χ1) is 12.2. The fraction of sp³-hybridized carbons (Fsp3) is 0.222. The van der Waals surface area contributed by atoms with Crippen LogP contribution in [-0.2, 0) is 12.8 Å². The van der Waals surface area contributed by atoms with E-state index in [2.05, 4.69) is 10.3 Å². The van der Waals surface area contributed by atoms with Gasteiger partial charge in [-0.2, -0.15) is 0 Å². The number of nitrogens with zero attached hydrogens (tertiary/aromatic N) is 2.